The van der Waals surface area contributed by atoms with Crippen molar-refractivity contribution in [2.45, 2.75) is 53.9 Å². The summed E-state index contributed by atoms with van der Waals surface area (Å²) in [6.45, 7) is 11.1. The molecule has 1 nitrogen and oxygen atoms in total. The maximum absolute atomic E-state index is 11.7. The lowest BCUT2D eigenvalue weighted by Gasteiger charge is -2.31. The van der Waals surface area contributed by atoms with Crippen molar-refractivity contribution in [3.05, 3.63) is 0 Å². The van der Waals surface area contributed by atoms with E-state index in [2.05, 4.69) is 34.6 Å². The molecule has 13 heavy (non-hydrogen) atoms. The van der Waals surface area contributed by atoms with E-state index >= 15 is 0 Å². The van der Waals surface area contributed by atoms with Gasteiger partial charge in [0.1, 0.15) is 5.78 Å². The van der Waals surface area contributed by atoms with Crippen molar-refractivity contribution in [1.29, 1.82) is 0 Å². The molecule has 0 radical (unpaired) electrons. The van der Waals surface area contributed by atoms with Crippen LogP contribution in [0.2, 0.25) is 0 Å². The fourth-order valence-corrected chi connectivity index (χ4v) is 2.23. The Bertz CT molecular complexity index is 208. The van der Waals surface area contributed by atoms with Crippen LogP contribution in [0.1, 0.15) is 53.9 Å². The summed E-state index contributed by atoms with van der Waals surface area (Å²) in [7, 11) is 0. The van der Waals surface area contributed by atoms with Crippen molar-refractivity contribution in [3.8, 4) is 0 Å². The molecule has 0 bridgehead atoms. The summed E-state index contributed by atoms with van der Waals surface area (Å²) in [6.07, 6.45) is 2.92. The smallest absolute Gasteiger partial charge is 0.136 e. The Hall–Kier alpha value is -0.330. The first-order chi connectivity index (χ1) is 5.72. The molecule has 1 aliphatic carbocycles. The van der Waals surface area contributed by atoms with E-state index in [1.54, 1.807) is 0 Å². The minimum absolute atomic E-state index is 0.240. The van der Waals surface area contributed by atoms with Crippen LogP contribution in [0.15, 0.2) is 0 Å². The SMILES string of the molecule is CC(C)(C)CC1C(=O)CCC1(C)C. The lowest BCUT2D eigenvalue weighted by atomic mass is 9.73. The Morgan fingerprint density at radius 1 is 1.38 bits per heavy atom. The fraction of sp³-hybridized carbons (Fsp3) is 0.917. The molecular weight excluding hydrogens is 160 g/mol. The first-order valence-corrected chi connectivity index (χ1v) is 5.25. The molecule has 0 saturated heterocycles. The largest absolute Gasteiger partial charge is 0.299 e. The summed E-state index contributed by atoms with van der Waals surface area (Å²) in [4.78, 5) is 11.7. The van der Waals surface area contributed by atoms with E-state index in [0.29, 0.717) is 11.7 Å². The number of carbonyl (C=O) groups excluding carboxylic acids is 1. The molecule has 0 amide bonds. The van der Waals surface area contributed by atoms with Gasteiger partial charge in [-0.15, -0.1) is 0 Å². The van der Waals surface area contributed by atoms with Gasteiger partial charge in [0.2, 0.25) is 0 Å². The van der Waals surface area contributed by atoms with Gasteiger partial charge in [-0.2, -0.15) is 0 Å². The first kappa shape index (κ1) is 10.7. The average molecular weight is 182 g/mol. The van der Waals surface area contributed by atoms with Gasteiger partial charge in [-0.1, -0.05) is 34.6 Å². The second-order valence-corrected chi connectivity index (χ2v) is 6.27. The van der Waals surface area contributed by atoms with E-state index in [4.69, 9.17) is 0 Å². The van der Waals surface area contributed by atoms with Crippen LogP contribution >= 0.6 is 0 Å². The molecule has 0 aliphatic heterocycles. The molecule has 1 fully saturated rings. The zero-order valence-corrected chi connectivity index (χ0v) is 9.61. The molecule has 0 heterocycles. The molecule has 0 aromatic rings. The van der Waals surface area contributed by atoms with E-state index in [1.165, 1.54) is 0 Å². The van der Waals surface area contributed by atoms with Crippen molar-refractivity contribution >= 4 is 5.78 Å². The Kier molecular flexibility index (Phi) is 2.57. The second kappa shape index (κ2) is 3.11. The Labute approximate surface area is 81.9 Å². The van der Waals surface area contributed by atoms with E-state index in [-0.39, 0.29) is 10.8 Å². The third kappa shape index (κ3) is 2.55. The van der Waals surface area contributed by atoms with Gasteiger partial charge in [0, 0.05) is 12.3 Å². The molecule has 1 saturated carbocycles. The Morgan fingerprint density at radius 2 is 1.92 bits per heavy atom. The summed E-state index contributed by atoms with van der Waals surface area (Å²) in [5.74, 6) is 0.785. The number of carbonyl (C=O) groups is 1. The highest BCUT2D eigenvalue weighted by molar-refractivity contribution is 5.84. The molecular formula is C12H22O. The average Bonchev–Trinajstić information content (AvgIpc) is 2.13. The van der Waals surface area contributed by atoms with Crippen molar-refractivity contribution < 1.29 is 4.79 Å². The van der Waals surface area contributed by atoms with Gasteiger partial charge < -0.3 is 0 Å². The molecule has 1 aliphatic rings. The van der Waals surface area contributed by atoms with Crippen LogP contribution in [0.3, 0.4) is 0 Å². The Balaban J connectivity index is 2.72. The van der Waals surface area contributed by atoms with E-state index in [1.807, 2.05) is 0 Å². The van der Waals surface area contributed by atoms with Crippen molar-refractivity contribution in [2.75, 3.05) is 0 Å². The summed E-state index contributed by atoms with van der Waals surface area (Å²) >= 11 is 0. The van der Waals surface area contributed by atoms with E-state index < -0.39 is 0 Å². The lowest BCUT2D eigenvalue weighted by molar-refractivity contribution is -0.123. The topological polar surface area (TPSA) is 17.1 Å². The number of rotatable bonds is 1. The zero-order chi connectivity index (χ0) is 10.3. The van der Waals surface area contributed by atoms with Crippen molar-refractivity contribution in [3.63, 3.8) is 0 Å². The van der Waals surface area contributed by atoms with Gasteiger partial charge in [0.25, 0.3) is 0 Å². The van der Waals surface area contributed by atoms with Gasteiger partial charge in [0.15, 0.2) is 0 Å². The number of ketones is 1. The van der Waals surface area contributed by atoms with Gasteiger partial charge in [-0.3, -0.25) is 4.79 Å². The van der Waals surface area contributed by atoms with Crippen LogP contribution in [0.4, 0.5) is 0 Å². The van der Waals surface area contributed by atoms with Gasteiger partial charge in [-0.05, 0) is 23.7 Å². The Morgan fingerprint density at radius 3 is 2.23 bits per heavy atom. The van der Waals surface area contributed by atoms with E-state index in [0.717, 1.165) is 19.3 Å². The highest BCUT2D eigenvalue weighted by Crippen LogP contribution is 2.45. The molecule has 1 atom stereocenters. The molecule has 1 rings (SSSR count). The van der Waals surface area contributed by atoms with Crippen LogP contribution in [-0.2, 0) is 4.79 Å². The summed E-state index contributed by atoms with van der Waals surface area (Å²) in [5.41, 5.74) is 0.520. The zero-order valence-electron chi connectivity index (χ0n) is 9.61. The van der Waals surface area contributed by atoms with Crippen LogP contribution < -0.4 is 0 Å². The molecule has 76 valence electrons. The monoisotopic (exact) mass is 182 g/mol. The second-order valence-electron chi connectivity index (χ2n) is 6.27. The molecule has 1 heteroatoms. The molecule has 0 N–H and O–H groups in total. The standard InChI is InChI=1S/C12H22O/c1-11(2,3)8-9-10(13)6-7-12(9,4)5/h9H,6-8H2,1-5H3. The number of hydrogen-bond acceptors (Lipinski definition) is 1. The van der Waals surface area contributed by atoms with Crippen LogP contribution in [0, 0.1) is 16.7 Å². The predicted octanol–water partition coefficient (Wildman–Crippen LogP) is 3.43. The fourth-order valence-electron chi connectivity index (χ4n) is 2.23. The predicted molar refractivity (Wildman–Crippen MR) is 55.6 cm³/mol. The summed E-state index contributed by atoms with van der Waals surface area (Å²) in [5, 5.41) is 0. The lowest BCUT2D eigenvalue weighted by Crippen LogP contribution is -2.27. The molecule has 1 unspecified atom stereocenters. The third-order valence-corrected chi connectivity index (χ3v) is 3.16. The third-order valence-electron chi connectivity index (χ3n) is 3.16. The maximum atomic E-state index is 11.7. The molecule has 0 aromatic heterocycles. The number of Topliss-reactive ketones (excluding diaryl/α,β-unsaturated/α-hetero) is 1. The highest BCUT2D eigenvalue weighted by atomic mass is 16.1. The van der Waals surface area contributed by atoms with Crippen LogP contribution in [-0.4, -0.2) is 5.78 Å². The first-order valence-electron chi connectivity index (χ1n) is 5.25. The van der Waals surface area contributed by atoms with Gasteiger partial charge >= 0.3 is 0 Å². The highest BCUT2D eigenvalue weighted by Gasteiger charge is 2.42. The minimum atomic E-state index is 0.240. The maximum Gasteiger partial charge on any atom is 0.136 e. The van der Waals surface area contributed by atoms with Gasteiger partial charge in [0.05, 0.1) is 0 Å². The van der Waals surface area contributed by atoms with Crippen LogP contribution in [0.5, 0.6) is 0 Å². The van der Waals surface area contributed by atoms with Crippen molar-refractivity contribution in [1.82, 2.24) is 0 Å². The van der Waals surface area contributed by atoms with Crippen molar-refractivity contribution in [2.24, 2.45) is 16.7 Å². The molecule has 0 spiro atoms. The number of hydrogen-bond donors (Lipinski definition) is 0. The molecule has 0 aromatic carbocycles. The minimum Gasteiger partial charge on any atom is -0.299 e. The van der Waals surface area contributed by atoms with Crippen LogP contribution in [0.25, 0.3) is 0 Å². The normalized spacial score (nSPS) is 28.1. The summed E-state index contributed by atoms with van der Waals surface area (Å²) in [6, 6.07) is 0. The van der Waals surface area contributed by atoms with E-state index in [9.17, 15) is 4.79 Å². The summed E-state index contributed by atoms with van der Waals surface area (Å²) < 4.78 is 0. The van der Waals surface area contributed by atoms with Gasteiger partial charge in [-0.25, -0.2) is 0 Å². The quantitative estimate of drug-likeness (QED) is 0.607.